The number of hydrogen-bond acceptors (Lipinski definition) is 4. The number of ether oxygens (including phenoxy) is 1. The Morgan fingerprint density at radius 3 is 2.52 bits per heavy atom. The van der Waals surface area contributed by atoms with Gasteiger partial charge in [0.15, 0.2) is 0 Å². The van der Waals surface area contributed by atoms with Crippen LogP contribution in [0.3, 0.4) is 0 Å². The summed E-state index contributed by atoms with van der Waals surface area (Å²) < 4.78 is 5.25. The second kappa shape index (κ2) is 7.84. The maximum Gasteiger partial charge on any atom is 0.332 e. The summed E-state index contributed by atoms with van der Waals surface area (Å²) in [4.78, 5) is 13.7. The van der Waals surface area contributed by atoms with Crippen LogP contribution in [0, 0.1) is 5.41 Å². The quantitative estimate of drug-likeness (QED) is 0.619. The first-order chi connectivity index (χ1) is 9.78. The monoisotopic (exact) mass is 290 g/mol. The molecule has 0 heterocycles. The standard InChI is InChI=1S/C17H26N2O2/c1-14(18)10-16(20)21-13-17(2,3)12-19(4)11-15-8-6-5-7-9-15/h5-10H,11-13,18H2,1-4H3. The van der Waals surface area contributed by atoms with Crippen molar-refractivity contribution >= 4 is 5.97 Å². The van der Waals surface area contributed by atoms with Crippen LogP contribution in [0.15, 0.2) is 42.1 Å². The van der Waals surface area contributed by atoms with E-state index in [2.05, 4.69) is 37.9 Å². The average molecular weight is 290 g/mol. The van der Waals surface area contributed by atoms with Gasteiger partial charge in [0.05, 0.1) is 6.61 Å². The number of carbonyl (C=O) groups is 1. The fourth-order valence-corrected chi connectivity index (χ4v) is 2.22. The third kappa shape index (κ3) is 7.51. The van der Waals surface area contributed by atoms with Crippen molar-refractivity contribution in [1.29, 1.82) is 0 Å². The van der Waals surface area contributed by atoms with Crippen LogP contribution in [0.1, 0.15) is 26.3 Å². The number of carbonyl (C=O) groups excluding carboxylic acids is 1. The number of benzene rings is 1. The van der Waals surface area contributed by atoms with Gasteiger partial charge in [-0.3, -0.25) is 0 Å². The number of esters is 1. The van der Waals surface area contributed by atoms with Crippen molar-refractivity contribution in [1.82, 2.24) is 4.90 Å². The van der Waals surface area contributed by atoms with E-state index in [1.807, 2.05) is 18.2 Å². The molecule has 0 saturated carbocycles. The Kier molecular flexibility index (Phi) is 6.43. The Morgan fingerprint density at radius 1 is 1.33 bits per heavy atom. The van der Waals surface area contributed by atoms with E-state index in [1.165, 1.54) is 11.6 Å². The van der Waals surface area contributed by atoms with Crippen LogP contribution in [-0.4, -0.2) is 31.1 Å². The molecular weight excluding hydrogens is 264 g/mol. The van der Waals surface area contributed by atoms with E-state index in [9.17, 15) is 4.79 Å². The van der Waals surface area contributed by atoms with Crippen molar-refractivity contribution in [3.05, 3.63) is 47.7 Å². The maximum atomic E-state index is 11.5. The molecule has 4 heteroatoms. The summed E-state index contributed by atoms with van der Waals surface area (Å²) >= 11 is 0. The molecule has 0 aliphatic heterocycles. The number of nitrogens with zero attached hydrogens (tertiary/aromatic N) is 1. The highest BCUT2D eigenvalue weighted by Crippen LogP contribution is 2.18. The number of hydrogen-bond donors (Lipinski definition) is 1. The zero-order chi connectivity index (χ0) is 15.9. The van der Waals surface area contributed by atoms with Gasteiger partial charge in [-0.15, -0.1) is 0 Å². The molecule has 4 nitrogen and oxygen atoms in total. The molecule has 0 aliphatic rings. The molecule has 0 fully saturated rings. The van der Waals surface area contributed by atoms with E-state index in [-0.39, 0.29) is 11.4 Å². The van der Waals surface area contributed by atoms with Crippen LogP contribution >= 0.6 is 0 Å². The Balaban J connectivity index is 2.44. The van der Waals surface area contributed by atoms with Gasteiger partial charge in [0.1, 0.15) is 0 Å². The van der Waals surface area contributed by atoms with Crippen molar-refractivity contribution in [2.24, 2.45) is 11.1 Å². The molecule has 2 N–H and O–H groups in total. The molecule has 0 radical (unpaired) electrons. The normalized spacial score (nSPS) is 12.5. The first-order valence-electron chi connectivity index (χ1n) is 7.11. The first-order valence-corrected chi connectivity index (χ1v) is 7.11. The number of nitrogens with two attached hydrogens (primary N) is 1. The predicted octanol–water partition coefficient (Wildman–Crippen LogP) is 2.55. The fraction of sp³-hybridized carbons (Fsp3) is 0.471. The molecule has 0 unspecified atom stereocenters. The van der Waals surface area contributed by atoms with Crippen LogP contribution in [0.2, 0.25) is 0 Å². The molecule has 1 aromatic rings. The largest absolute Gasteiger partial charge is 0.462 e. The predicted molar refractivity (Wildman–Crippen MR) is 85.5 cm³/mol. The third-order valence-electron chi connectivity index (χ3n) is 2.94. The lowest BCUT2D eigenvalue weighted by molar-refractivity contribution is -0.141. The van der Waals surface area contributed by atoms with Gasteiger partial charge in [-0.1, -0.05) is 44.2 Å². The van der Waals surface area contributed by atoms with E-state index in [1.54, 1.807) is 6.92 Å². The van der Waals surface area contributed by atoms with Gasteiger partial charge in [-0.05, 0) is 19.5 Å². The van der Waals surface area contributed by atoms with Crippen molar-refractivity contribution < 1.29 is 9.53 Å². The summed E-state index contributed by atoms with van der Waals surface area (Å²) in [6.07, 6.45) is 1.31. The van der Waals surface area contributed by atoms with E-state index in [0.717, 1.165) is 13.1 Å². The molecule has 0 aliphatic carbocycles. The molecular formula is C17H26N2O2. The highest BCUT2D eigenvalue weighted by molar-refractivity contribution is 5.82. The van der Waals surface area contributed by atoms with Crippen LogP contribution in [-0.2, 0) is 16.1 Å². The topological polar surface area (TPSA) is 55.6 Å². The van der Waals surface area contributed by atoms with Crippen LogP contribution in [0.4, 0.5) is 0 Å². The molecule has 116 valence electrons. The van der Waals surface area contributed by atoms with Crippen molar-refractivity contribution in [2.45, 2.75) is 27.3 Å². The van der Waals surface area contributed by atoms with Gasteiger partial charge in [-0.25, -0.2) is 4.79 Å². The number of allylic oxidation sites excluding steroid dienone is 1. The molecule has 0 spiro atoms. The Morgan fingerprint density at radius 2 is 1.95 bits per heavy atom. The molecule has 1 aromatic carbocycles. The van der Waals surface area contributed by atoms with Gasteiger partial charge in [0.2, 0.25) is 0 Å². The molecule has 0 atom stereocenters. The Hall–Kier alpha value is -1.81. The summed E-state index contributed by atoms with van der Waals surface area (Å²) in [5, 5.41) is 0. The smallest absolute Gasteiger partial charge is 0.332 e. The minimum atomic E-state index is -0.381. The molecule has 0 amide bonds. The van der Waals surface area contributed by atoms with Gasteiger partial charge in [-0.2, -0.15) is 0 Å². The molecule has 0 aromatic heterocycles. The molecule has 1 rings (SSSR count). The molecule has 21 heavy (non-hydrogen) atoms. The Bertz CT molecular complexity index is 477. The minimum absolute atomic E-state index is 0.116. The average Bonchev–Trinajstić information content (AvgIpc) is 2.36. The molecule has 0 bridgehead atoms. The van der Waals surface area contributed by atoms with Gasteiger partial charge in [0.25, 0.3) is 0 Å². The Labute approximate surface area is 127 Å². The van der Waals surface area contributed by atoms with E-state index in [0.29, 0.717) is 12.3 Å². The van der Waals surface area contributed by atoms with Crippen molar-refractivity contribution in [3.8, 4) is 0 Å². The zero-order valence-corrected chi connectivity index (χ0v) is 13.4. The summed E-state index contributed by atoms with van der Waals surface area (Å²) in [6.45, 7) is 7.91. The summed E-state index contributed by atoms with van der Waals surface area (Å²) in [5.74, 6) is -0.381. The summed E-state index contributed by atoms with van der Waals surface area (Å²) in [5.41, 5.74) is 7.07. The van der Waals surface area contributed by atoms with Gasteiger partial charge >= 0.3 is 5.97 Å². The highest BCUT2D eigenvalue weighted by atomic mass is 16.5. The van der Waals surface area contributed by atoms with Gasteiger partial charge < -0.3 is 15.4 Å². The van der Waals surface area contributed by atoms with E-state index < -0.39 is 0 Å². The lowest BCUT2D eigenvalue weighted by atomic mass is 9.94. The second-order valence-electron chi connectivity index (χ2n) is 6.32. The van der Waals surface area contributed by atoms with Crippen LogP contribution in [0.5, 0.6) is 0 Å². The maximum absolute atomic E-state index is 11.5. The zero-order valence-electron chi connectivity index (χ0n) is 13.4. The SMILES string of the molecule is CC(N)=CC(=O)OCC(C)(C)CN(C)Cc1ccccc1. The fourth-order valence-electron chi connectivity index (χ4n) is 2.22. The highest BCUT2D eigenvalue weighted by Gasteiger charge is 2.22. The number of rotatable bonds is 7. The van der Waals surface area contributed by atoms with Crippen LogP contribution in [0.25, 0.3) is 0 Å². The second-order valence-corrected chi connectivity index (χ2v) is 6.32. The third-order valence-corrected chi connectivity index (χ3v) is 2.94. The lowest BCUT2D eigenvalue weighted by Crippen LogP contribution is -2.35. The van der Waals surface area contributed by atoms with E-state index in [4.69, 9.17) is 10.5 Å². The van der Waals surface area contributed by atoms with E-state index >= 15 is 0 Å². The van der Waals surface area contributed by atoms with Gasteiger partial charge in [0, 0.05) is 30.3 Å². The lowest BCUT2D eigenvalue weighted by Gasteiger charge is -2.29. The molecule has 0 saturated heterocycles. The van der Waals surface area contributed by atoms with Crippen molar-refractivity contribution in [3.63, 3.8) is 0 Å². The summed E-state index contributed by atoms with van der Waals surface area (Å²) in [6, 6.07) is 10.3. The first kappa shape index (κ1) is 17.2. The summed E-state index contributed by atoms with van der Waals surface area (Å²) in [7, 11) is 2.07. The van der Waals surface area contributed by atoms with Crippen molar-refractivity contribution in [2.75, 3.05) is 20.2 Å². The minimum Gasteiger partial charge on any atom is -0.462 e. The van der Waals surface area contributed by atoms with Crippen LogP contribution < -0.4 is 5.73 Å².